The monoisotopic (exact) mass is 202 g/mol. The van der Waals surface area contributed by atoms with E-state index in [1.807, 2.05) is 7.05 Å². The van der Waals surface area contributed by atoms with Gasteiger partial charge in [-0.3, -0.25) is 0 Å². The van der Waals surface area contributed by atoms with E-state index in [-0.39, 0.29) is 0 Å². The quantitative estimate of drug-likeness (QED) is 0.808. The normalized spacial score (nSPS) is 13.3. The van der Waals surface area contributed by atoms with Crippen molar-refractivity contribution in [2.45, 2.75) is 19.4 Å². The number of aromatic nitrogens is 1. The van der Waals surface area contributed by atoms with Gasteiger partial charge in [-0.2, -0.15) is 0 Å². The topological polar surface area (TPSA) is 17.0 Å². The molecule has 1 aromatic heterocycles. The van der Waals surface area contributed by atoms with Crippen molar-refractivity contribution in [1.82, 2.24) is 9.88 Å². The van der Waals surface area contributed by atoms with Gasteiger partial charge in [0.15, 0.2) is 0 Å². The van der Waals surface area contributed by atoms with Crippen molar-refractivity contribution in [1.29, 1.82) is 0 Å². The molecule has 2 heteroatoms. The molecule has 2 nitrogen and oxygen atoms in total. The fourth-order valence-electron chi connectivity index (χ4n) is 1.98. The van der Waals surface area contributed by atoms with Crippen LogP contribution in [0.2, 0.25) is 0 Å². The Kier molecular flexibility index (Phi) is 2.78. The minimum atomic E-state index is 0.524. The number of rotatable bonds is 3. The summed E-state index contributed by atoms with van der Waals surface area (Å²) >= 11 is 0. The van der Waals surface area contributed by atoms with Crippen molar-refractivity contribution >= 4 is 10.9 Å². The van der Waals surface area contributed by atoms with Gasteiger partial charge in [0.2, 0.25) is 0 Å². The first-order valence-electron chi connectivity index (χ1n) is 5.42. The smallest absolute Gasteiger partial charge is 0.0480 e. The van der Waals surface area contributed by atoms with Gasteiger partial charge in [-0.05, 0) is 38.1 Å². The third kappa shape index (κ3) is 1.90. The highest BCUT2D eigenvalue weighted by atomic mass is 14.9. The average molecular weight is 202 g/mol. The third-order valence-electron chi connectivity index (χ3n) is 3.04. The third-order valence-corrected chi connectivity index (χ3v) is 3.04. The van der Waals surface area contributed by atoms with Gasteiger partial charge < -0.3 is 9.88 Å². The molecule has 1 heterocycles. The largest absolute Gasteiger partial charge is 0.351 e. The van der Waals surface area contributed by atoms with Crippen molar-refractivity contribution in [2.24, 2.45) is 7.05 Å². The maximum absolute atomic E-state index is 3.28. The summed E-state index contributed by atoms with van der Waals surface area (Å²) in [6.07, 6.45) is 3.20. The molecular formula is C13H18N2. The maximum Gasteiger partial charge on any atom is 0.0480 e. The molecular weight excluding hydrogens is 184 g/mol. The second-order valence-corrected chi connectivity index (χ2v) is 4.17. The molecule has 0 aliphatic carbocycles. The second kappa shape index (κ2) is 4.07. The molecule has 2 rings (SSSR count). The zero-order chi connectivity index (χ0) is 10.8. The zero-order valence-corrected chi connectivity index (χ0v) is 9.62. The maximum atomic E-state index is 3.28. The van der Waals surface area contributed by atoms with Gasteiger partial charge in [0, 0.05) is 30.2 Å². The van der Waals surface area contributed by atoms with Crippen LogP contribution in [0.5, 0.6) is 0 Å². The summed E-state index contributed by atoms with van der Waals surface area (Å²) in [5.41, 5.74) is 2.74. The molecule has 0 aliphatic heterocycles. The van der Waals surface area contributed by atoms with E-state index < -0.39 is 0 Å². The summed E-state index contributed by atoms with van der Waals surface area (Å²) in [4.78, 5) is 0. The number of likely N-dealkylation sites (N-methyl/N-ethyl adjacent to an activating group) is 1. The molecule has 15 heavy (non-hydrogen) atoms. The summed E-state index contributed by atoms with van der Waals surface area (Å²) < 4.78 is 2.17. The lowest BCUT2D eigenvalue weighted by molar-refractivity contribution is 0.610. The van der Waals surface area contributed by atoms with Crippen molar-refractivity contribution in [3.8, 4) is 0 Å². The molecule has 1 unspecified atom stereocenters. The van der Waals surface area contributed by atoms with Gasteiger partial charge in [-0.25, -0.2) is 0 Å². The molecule has 0 aliphatic rings. The lowest BCUT2D eigenvalue weighted by atomic mass is 10.0. The number of hydrogen-bond donors (Lipinski definition) is 1. The summed E-state index contributed by atoms with van der Waals surface area (Å²) in [6, 6.07) is 9.25. The Labute approximate surface area is 90.9 Å². The average Bonchev–Trinajstić information content (AvgIpc) is 2.62. The first kappa shape index (κ1) is 10.2. The van der Waals surface area contributed by atoms with E-state index in [1.54, 1.807) is 0 Å². The Morgan fingerprint density at radius 1 is 1.33 bits per heavy atom. The first-order valence-corrected chi connectivity index (χ1v) is 5.42. The molecule has 0 radical (unpaired) electrons. The number of nitrogens with one attached hydrogen (secondary N) is 1. The molecule has 2 aromatic rings. The SMILES string of the molecule is CNC(C)Cc1cccc2c1ccn2C. The van der Waals surface area contributed by atoms with E-state index in [4.69, 9.17) is 0 Å². The van der Waals surface area contributed by atoms with Crippen molar-refractivity contribution in [3.63, 3.8) is 0 Å². The Morgan fingerprint density at radius 3 is 2.87 bits per heavy atom. The molecule has 80 valence electrons. The van der Waals surface area contributed by atoms with Crippen LogP contribution in [0.25, 0.3) is 10.9 Å². The van der Waals surface area contributed by atoms with E-state index in [2.05, 4.69) is 54.3 Å². The number of fused-ring (bicyclic) bond motifs is 1. The summed E-state index contributed by atoms with van der Waals surface area (Å²) in [6.45, 7) is 2.21. The highest BCUT2D eigenvalue weighted by molar-refractivity contribution is 5.83. The van der Waals surface area contributed by atoms with Crippen LogP contribution in [0, 0.1) is 0 Å². The molecule has 0 spiro atoms. The molecule has 0 bridgehead atoms. The fourth-order valence-corrected chi connectivity index (χ4v) is 1.98. The van der Waals surface area contributed by atoms with Gasteiger partial charge in [0.25, 0.3) is 0 Å². The standard InChI is InChI=1S/C13H18N2/c1-10(14-2)9-11-5-4-6-13-12(11)7-8-15(13)3/h4-8,10,14H,9H2,1-3H3. The Morgan fingerprint density at radius 2 is 2.13 bits per heavy atom. The molecule has 0 amide bonds. The number of hydrogen-bond acceptors (Lipinski definition) is 1. The lowest BCUT2D eigenvalue weighted by Crippen LogP contribution is -2.23. The van der Waals surface area contributed by atoms with Crippen LogP contribution < -0.4 is 5.32 Å². The van der Waals surface area contributed by atoms with Crippen molar-refractivity contribution < 1.29 is 0 Å². The van der Waals surface area contributed by atoms with Crippen LogP contribution in [0.15, 0.2) is 30.5 Å². The number of nitrogens with zero attached hydrogens (tertiary/aromatic N) is 1. The van der Waals surface area contributed by atoms with Crippen molar-refractivity contribution in [3.05, 3.63) is 36.0 Å². The Hall–Kier alpha value is -1.28. The van der Waals surface area contributed by atoms with E-state index in [0.717, 1.165) is 6.42 Å². The number of aryl methyl sites for hydroxylation is 1. The van der Waals surface area contributed by atoms with E-state index >= 15 is 0 Å². The van der Waals surface area contributed by atoms with Gasteiger partial charge in [-0.15, -0.1) is 0 Å². The van der Waals surface area contributed by atoms with Gasteiger partial charge >= 0.3 is 0 Å². The molecule has 1 aromatic carbocycles. The van der Waals surface area contributed by atoms with Gasteiger partial charge in [0.05, 0.1) is 0 Å². The van der Waals surface area contributed by atoms with E-state index in [1.165, 1.54) is 16.5 Å². The lowest BCUT2D eigenvalue weighted by Gasteiger charge is -2.11. The predicted molar refractivity (Wildman–Crippen MR) is 65.1 cm³/mol. The minimum Gasteiger partial charge on any atom is -0.351 e. The molecule has 0 saturated carbocycles. The first-order chi connectivity index (χ1) is 7.22. The van der Waals surface area contributed by atoms with Crippen LogP contribution in [0.1, 0.15) is 12.5 Å². The van der Waals surface area contributed by atoms with Crippen LogP contribution in [-0.2, 0) is 13.5 Å². The van der Waals surface area contributed by atoms with E-state index in [0.29, 0.717) is 6.04 Å². The Balaban J connectivity index is 2.43. The zero-order valence-electron chi connectivity index (χ0n) is 9.62. The molecule has 0 saturated heterocycles. The highest BCUT2D eigenvalue weighted by Crippen LogP contribution is 2.20. The minimum absolute atomic E-state index is 0.524. The number of benzene rings is 1. The van der Waals surface area contributed by atoms with Crippen molar-refractivity contribution in [2.75, 3.05) is 7.05 Å². The fraction of sp³-hybridized carbons (Fsp3) is 0.385. The summed E-state index contributed by atoms with van der Waals surface area (Å²) in [5.74, 6) is 0. The Bertz CT molecular complexity index is 457. The highest BCUT2D eigenvalue weighted by Gasteiger charge is 2.06. The predicted octanol–water partition coefficient (Wildman–Crippen LogP) is 2.33. The molecule has 1 N–H and O–H groups in total. The molecule has 0 fully saturated rings. The van der Waals surface area contributed by atoms with Gasteiger partial charge in [0.1, 0.15) is 0 Å². The van der Waals surface area contributed by atoms with Gasteiger partial charge in [-0.1, -0.05) is 12.1 Å². The summed E-state index contributed by atoms with van der Waals surface area (Å²) in [7, 11) is 4.10. The van der Waals surface area contributed by atoms with Crippen LogP contribution in [0.3, 0.4) is 0 Å². The van der Waals surface area contributed by atoms with E-state index in [9.17, 15) is 0 Å². The van der Waals surface area contributed by atoms with Crippen LogP contribution in [-0.4, -0.2) is 17.7 Å². The van der Waals surface area contributed by atoms with Crippen LogP contribution in [0.4, 0.5) is 0 Å². The summed E-state index contributed by atoms with van der Waals surface area (Å²) in [5, 5.41) is 4.66. The van der Waals surface area contributed by atoms with Crippen LogP contribution >= 0.6 is 0 Å². The second-order valence-electron chi connectivity index (χ2n) is 4.17. The molecule has 1 atom stereocenters.